The average molecular weight is 260 g/mol. The smallest absolute Gasteiger partial charge is 0.156 e. The Morgan fingerprint density at radius 1 is 1.25 bits per heavy atom. The molecule has 3 nitrogen and oxygen atoms in total. The molecule has 0 bridgehead atoms. The molecule has 1 aromatic rings. The molecule has 2 saturated heterocycles. The molecule has 0 unspecified atom stereocenters. The summed E-state index contributed by atoms with van der Waals surface area (Å²) in [5.74, 6) is 0.307. The zero-order chi connectivity index (χ0) is 10.5. The number of benzene rings is 1. The van der Waals surface area contributed by atoms with Crippen LogP contribution in [0.25, 0.3) is 0 Å². The molecule has 0 saturated carbocycles. The summed E-state index contributed by atoms with van der Waals surface area (Å²) in [4.78, 5) is 0. The van der Waals surface area contributed by atoms with Crippen LogP contribution in [-0.2, 0) is 15.3 Å². The molecular weight excluding hydrogens is 246 g/mol. The predicted molar refractivity (Wildman–Crippen MR) is 65.8 cm³/mol. The SMILES string of the molecule is Cl.O=S1(=O)C[C@@]2(c3ccccc3)CNC[C@H]21. The number of rotatable bonds is 1. The minimum Gasteiger partial charge on any atom is -0.314 e. The van der Waals surface area contributed by atoms with Crippen molar-refractivity contribution in [1.82, 2.24) is 5.32 Å². The molecule has 0 spiro atoms. The van der Waals surface area contributed by atoms with Crippen molar-refractivity contribution in [3.05, 3.63) is 35.9 Å². The first kappa shape index (κ1) is 11.9. The Hall–Kier alpha value is -0.580. The van der Waals surface area contributed by atoms with Crippen LogP contribution in [0, 0.1) is 0 Å². The highest BCUT2D eigenvalue weighted by atomic mass is 35.5. The number of hydrogen-bond acceptors (Lipinski definition) is 3. The van der Waals surface area contributed by atoms with Crippen LogP contribution in [0.15, 0.2) is 30.3 Å². The van der Waals surface area contributed by atoms with E-state index in [0.717, 1.165) is 12.1 Å². The summed E-state index contributed by atoms with van der Waals surface area (Å²) in [6.07, 6.45) is 0. The number of sulfone groups is 1. The standard InChI is InChI=1S/C11H13NO2S.ClH/c13-15(14)8-11(7-12-6-10(11)15)9-4-2-1-3-5-9;/h1-5,10,12H,6-8H2;1H/t10-,11-;/m1./s1. The molecule has 2 aliphatic heterocycles. The van der Waals surface area contributed by atoms with Gasteiger partial charge in [0, 0.05) is 18.5 Å². The highest BCUT2D eigenvalue weighted by molar-refractivity contribution is 7.93. The van der Waals surface area contributed by atoms with Crippen LogP contribution in [-0.4, -0.2) is 32.5 Å². The molecule has 1 aromatic carbocycles. The van der Waals surface area contributed by atoms with Crippen LogP contribution >= 0.6 is 12.4 Å². The molecule has 2 atom stereocenters. The van der Waals surface area contributed by atoms with Crippen molar-refractivity contribution in [1.29, 1.82) is 0 Å². The number of halogens is 1. The van der Waals surface area contributed by atoms with Crippen molar-refractivity contribution in [2.45, 2.75) is 10.7 Å². The van der Waals surface area contributed by atoms with Crippen LogP contribution in [0.5, 0.6) is 0 Å². The van der Waals surface area contributed by atoms with E-state index in [1.807, 2.05) is 30.3 Å². The molecule has 5 heteroatoms. The lowest BCUT2D eigenvalue weighted by molar-refractivity contribution is 0.444. The molecule has 2 aliphatic rings. The van der Waals surface area contributed by atoms with Crippen molar-refractivity contribution >= 4 is 22.2 Å². The summed E-state index contributed by atoms with van der Waals surface area (Å²) in [5, 5.41) is 3.00. The second-order valence-electron chi connectivity index (χ2n) is 4.45. The maximum Gasteiger partial charge on any atom is 0.156 e. The zero-order valence-corrected chi connectivity index (χ0v) is 10.4. The molecule has 0 amide bonds. The lowest BCUT2D eigenvalue weighted by Crippen LogP contribution is -2.59. The van der Waals surface area contributed by atoms with Gasteiger partial charge in [-0.25, -0.2) is 8.42 Å². The van der Waals surface area contributed by atoms with Gasteiger partial charge in [0.05, 0.1) is 11.0 Å². The van der Waals surface area contributed by atoms with Crippen LogP contribution in [0.2, 0.25) is 0 Å². The maximum absolute atomic E-state index is 11.6. The maximum atomic E-state index is 11.6. The quantitative estimate of drug-likeness (QED) is 0.810. The molecule has 1 N–H and O–H groups in total. The average Bonchev–Trinajstić information content (AvgIpc) is 2.59. The molecule has 3 rings (SSSR count). The van der Waals surface area contributed by atoms with Gasteiger partial charge in [0.25, 0.3) is 0 Å². The molecular formula is C11H14ClNO2S. The van der Waals surface area contributed by atoms with Gasteiger partial charge >= 0.3 is 0 Å². The van der Waals surface area contributed by atoms with Gasteiger partial charge in [-0.3, -0.25) is 0 Å². The van der Waals surface area contributed by atoms with Gasteiger partial charge in [0.15, 0.2) is 9.84 Å². The molecule has 0 radical (unpaired) electrons. The van der Waals surface area contributed by atoms with Crippen molar-refractivity contribution in [2.24, 2.45) is 0 Å². The highest BCUT2D eigenvalue weighted by Crippen LogP contribution is 2.45. The van der Waals surface area contributed by atoms with E-state index in [1.54, 1.807) is 0 Å². The van der Waals surface area contributed by atoms with Crippen molar-refractivity contribution in [3.63, 3.8) is 0 Å². The summed E-state index contributed by atoms with van der Waals surface area (Å²) in [6, 6.07) is 9.99. The second kappa shape index (κ2) is 3.72. The van der Waals surface area contributed by atoms with Crippen molar-refractivity contribution in [3.8, 4) is 0 Å². The Kier molecular flexibility index (Phi) is 2.77. The number of fused-ring (bicyclic) bond motifs is 1. The third-order valence-corrected chi connectivity index (χ3v) is 6.03. The Balaban J connectivity index is 0.000000963. The predicted octanol–water partition coefficient (Wildman–Crippen LogP) is 0.746. The van der Waals surface area contributed by atoms with E-state index in [4.69, 9.17) is 0 Å². The van der Waals surface area contributed by atoms with E-state index in [0.29, 0.717) is 12.3 Å². The second-order valence-corrected chi connectivity index (χ2v) is 6.63. The highest BCUT2D eigenvalue weighted by Gasteiger charge is 2.61. The Labute approximate surface area is 102 Å². The molecule has 16 heavy (non-hydrogen) atoms. The van der Waals surface area contributed by atoms with Gasteiger partial charge in [-0.2, -0.15) is 0 Å². The first-order chi connectivity index (χ1) is 7.15. The molecule has 0 aliphatic carbocycles. The normalized spacial score (nSPS) is 34.6. The van der Waals surface area contributed by atoms with Gasteiger partial charge < -0.3 is 5.32 Å². The van der Waals surface area contributed by atoms with Crippen LogP contribution in [0.1, 0.15) is 5.56 Å². The minimum atomic E-state index is -2.83. The Morgan fingerprint density at radius 2 is 1.94 bits per heavy atom. The van der Waals surface area contributed by atoms with Gasteiger partial charge in [-0.1, -0.05) is 30.3 Å². The fraction of sp³-hybridized carbons (Fsp3) is 0.455. The van der Waals surface area contributed by atoms with Gasteiger partial charge in [-0.05, 0) is 5.56 Å². The van der Waals surface area contributed by atoms with E-state index in [9.17, 15) is 8.42 Å². The number of hydrogen-bond donors (Lipinski definition) is 1. The summed E-state index contributed by atoms with van der Waals surface area (Å²) in [6.45, 7) is 1.40. The molecule has 88 valence electrons. The van der Waals surface area contributed by atoms with Gasteiger partial charge in [0.2, 0.25) is 0 Å². The largest absolute Gasteiger partial charge is 0.314 e. The fourth-order valence-electron chi connectivity index (χ4n) is 2.85. The van der Waals surface area contributed by atoms with E-state index < -0.39 is 9.84 Å². The van der Waals surface area contributed by atoms with Crippen molar-refractivity contribution < 1.29 is 8.42 Å². The monoisotopic (exact) mass is 259 g/mol. The van der Waals surface area contributed by atoms with Crippen molar-refractivity contribution in [2.75, 3.05) is 18.8 Å². The van der Waals surface area contributed by atoms with Crippen LogP contribution in [0.3, 0.4) is 0 Å². The molecule has 0 aromatic heterocycles. The van der Waals surface area contributed by atoms with Gasteiger partial charge in [0.1, 0.15) is 0 Å². The summed E-state index contributed by atoms with van der Waals surface area (Å²) in [5.41, 5.74) is 1.02. The number of nitrogens with one attached hydrogen (secondary N) is 1. The zero-order valence-electron chi connectivity index (χ0n) is 8.72. The van der Waals surface area contributed by atoms with Crippen LogP contribution in [0.4, 0.5) is 0 Å². The third-order valence-electron chi connectivity index (χ3n) is 3.63. The minimum absolute atomic E-state index is 0. The van der Waals surface area contributed by atoms with E-state index in [2.05, 4.69) is 5.32 Å². The topological polar surface area (TPSA) is 46.2 Å². The fourth-order valence-corrected chi connectivity index (χ4v) is 5.31. The summed E-state index contributed by atoms with van der Waals surface area (Å²) in [7, 11) is -2.83. The third kappa shape index (κ3) is 1.40. The first-order valence-corrected chi connectivity index (χ1v) is 6.84. The lowest BCUT2D eigenvalue weighted by atomic mass is 9.80. The summed E-state index contributed by atoms with van der Waals surface area (Å²) >= 11 is 0. The van der Waals surface area contributed by atoms with E-state index in [1.165, 1.54) is 0 Å². The van der Waals surface area contributed by atoms with E-state index in [-0.39, 0.29) is 23.1 Å². The van der Waals surface area contributed by atoms with Gasteiger partial charge in [-0.15, -0.1) is 12.4 Å². The Bertz CT molecular complexity index is 488. The van der Waals surface area contributed by atoms with E-state index >= 15 is 0 Å². The molecule has 2 heterocycles. The molecule has 2 fully saturated rings. The first-order valence-electron chi connectivity index (χ1n) is 5.13. The lowest BCUT2D eigenvalue weighted by Gasteiger charge is -2.43. The summed E-state index contributed by atoms with van der Waals surface area (Å²) < 4.78 is 23.3. The van der Waals surface area contributed by atoms with Crippen LogP contribution < -0.4 is 5.32 Å². The Morgan fingerprint density at radius 3 is 2.56 bits per heavy atom.